The van der Waals surface area contributed by atoms with E-state index in [1.807, 2.05) is 17.9 Å². The monoisotopic (exact) mass is 431 g/mol. The fourth-order valence-electron chi connectivity index (χ4n) is 4.52. The molecule has 2 atom stereocenters. The van der Waals surface area contributed by atoms with Crippen LogP contribution in [0.15, 0.2) is 12.4 Å². The van der Waals surface area contributed by atoms with E-state index in [0.717, 1.165) is 76.3 Å². The Bertz CT molecular complexity index is 729. The largest absolute Gasteiger partial charge is 0.466 e. The molecule has 31 heavy (non-hydrogen) atoms. The van der Waals surface area contributed by atoms with Gasteiger partial charge in [0.2, 0.25) is 5.91 Å². The van der Waals surface area contributed by atoms with Crippen LogP contribution in [-0.2, 0) is 14.3 Å². The maximum atomic E-state index is 12.8. The summed E-state index contributed by atoms with van der Waals surface area (Å²) in [6.45, 7) is 8.40. The minimum Gasteiger partial charge on any atom is -0.466 e. The van der Waals surface area contributed by atoms with Crippen molar-refractivity contribution in [1.82, 2.24) is 14.9 Å². The number of esters is 1. The molecule has 0 aliphatic carbocycles. The first-order valence-electron chi connectivity index (χ1n) is 11.9. The highest BCUT2D eigenvalue weighted by molar-refractivity contribution is 5.78. The van der Waals surface area contributed by atoms with E-state index in [9.17, 15) is 9.59 Å². The summed E-state index contributed by atoms with van der Waals surface area (Å²) in [7, 11) is 0. The summed E-state index contributed by atoms with van der Waals surface area (Å²) in [5, 5.41) is 3.32. The van der Waals surface area contributed by atoms with Crippen LogP contribution >= 0.6 is 0 Å². The molecule has 2 aliphatic heterocycles. The third-order valence-electron chi connectivity index (χ3n) is 6.21. The number of hydrogen-bond acceptors (Lipinski definition) is 7. The predicted molar refractivity (Wildman–Crippen MR) is 121 cm³/mol. The summed E-state index contributed by atoms with van der Waals surface area (Å²) >= 11 is 0. The highest BCUT2D eigenvalue weighted by Crippen LogP contribution is 2.26. The molecule has 2 fully saturated rings. The standard InChI is InChI=1S/C23H37N5O3/c1-3-11-24-20-14-21(26-17-25-20)27-12-5-7-18(15-27)9-10-22(29)28-13-6-8-19(16-28)23(30)31-4-2/h14,17-19H,3-13,15-16H2,1-2H3,(H,24,25,26)/t18-,19+/m1/s1. The molecule has 1 aromatic rings. The predicted octanol–water partition coefficient (Wildman–Crippen LogP) is 3.10. The van der Waals surface area contributed by atoms with Gasteiger partial charge in [0.15, 0.2) is 0 Å². The van der Waals surface area contributed by atoms with Gasteiger partial charge in [-0.2, -0.15) is 0 Å². The zero-order chi connectivity index (χ0) is 22.1. The molecular weight excluding hydrogens is 394 g/mol. The van der Waals surface area contributed by atoms with Crippen LogP contribution in [-0.4, -0.2) is 66.1 Å². The van der Waals surface area contributed by atoms with Gasteiger partial charge in [0.1, 0.15) is 18.0 Å². The number of carbonyl (C=O) groups excluding carboxylic acids is 2. The van der Waals surface area contributed by atoms with Crippen LogP contribution in [0.25, 0.3) is 0 Å². The smallest absolute Gasteiger partial charge is 0.310 e. The van der Waals surface area contributed by atoms with Crippen LogP contribution in [0, 0.1) is 11.8 Å². The van der Waals surface area contributed by atoms with Crippen molar-refractivity contribution in [3.63, 3.8) is 0 Å². The van der Waals surface area contributed by atoms with Crippen molar-refractivity contribution in [2.75, 3.05) is 49.5 Å². The molecule has 2 aliphatic rings. The third kappa shape index (κ3) is 6.80. The van der Waals surface area contributed by atoms with E-state index in [2.05, 4.69) is 27.1 Å². The minimum atomic E-state index is -0.170. The molecule has 0 radical (unpaired) electrons. The first-order chi connectivity index (χ1) is 15.1. The van der Waals surface area contributed by atoms with Gasteiger partial charge in [0.25, 0.3) is 0 Å². The Morgan fingerprint density at radius 2 is 2.00 bits per heavy atom. The summed E-state index contributed by atoms with van der Waals surface area (Å²) in [4.78, 5) is 37.8. The van der Waals surface area contributed by atoms with Gasteiger partial charge in [0, 0.05) is 45.2 Å². The molecule has 8 nitrogen and oxygen atoms in total. The van der Waals surface area contributed by atoms with Crippen LogP contribution in [0.4, 0.5) is 11.6 Å². The number of carbonyl (C=O) groups is 2. The Hall–Kier alpha value is -2.38. The number of likely N-dealkylation sites (tertiary alicyclic amines) is 1. The van der Waals surface area contributed by atoms with E-state index in [1.165, 1.54) is 0 Å². The quantitative estimate of drug-likeness (QED) is 0.601. The molecule has 0 unspecified atom stereocenters. The van der Waals surface area contributed by atoms with Crippen molar-refractivity contribution in [3.8, 4) is 0 Å². The number of amides is 1. The van der Waals surface area contributed by atoms with Crippen LogP contribution in [0.5, 0.6) is 0 Å². The normalized spacial score (nSPS) is 21.6. The Kier molecular flexibility index (Phi) is 8.91. The highest BCUT2D eigenvalue weighted by atomic mass is 16.5. The van der Waals surface area contributed by atoms with Crippen LogP contribution in [0.3, 0.4) is 0 Å². The van der Waals surface area contributed by atoms with Gasteiger partial charge in [-0.1, -0.05) is 6.92 Å². The Morgan fingerprint density at radius 3 is 2.81 bits per heavy atom. The van der Waals surface area contributed by atoms with E-state index < -0.39 is 0 Å². The van der Waals surface area contributed by atoms with Crippen molar-refractivity contribution >= 4 is 23.5 Å². The lowest BCUT2D eigenvalue weighted by molar-refractivity contribution is -0.151. The zero-order valence-corrected chi connectivity index (χ0v) is 19.0. The number of nitrogens with one attached hydrogen (secondary N) is 1. The number of aromatic nitrogens is 2. The van der Waals surface area contributed by atoms with E-state index in [0.29, 0.717) is 25.5 Å². The summed E-state index contributed by atoms with van der Waals surface area (Å²) in [5.41, 5.74) is 0. The van der Waals surface area contributed by atoms with E-state index in [4.69, 9.17) is 4.74 Å². The highest BCUT2D eigenvalue weighted by Gasteiger charge is 2.30. The molecule has 8 heteroatoms. The molecule has 3 rings (SSSR count). The van der Waals surface area contributed by atoms with Gasteiger partial charge >= 0.3 is 5.97 Å². The molecule has 172 valence electrons. The maximum Gasteiger partial charge on any atom is 0.310 e. The Morgan fingerprint density at radius 1 is 1.16 bits per heavy atom. The summed E-state index contributed by atoms with van der Waals surface area (Å²) in [6, 6.07) is 2.02. The molecule has 1 amide bonds. The molecule has 0 bridgehead atoms. The van der Waals surface area contributed by atoms with Crippen LogP contribution in [0.1, 0.15) is 58.8 Å². The van der Waals surface area contributed by atoms with Crippen molar-refractivity contribution in [1.29, 1.82) is 0 Å². The topological polar surface area (TPSA) is 87.7 Å². The van der Waals surface area contributed by atoms with Crippen molar-refractivity contribution in [3.05, 3.63) is 12.4 Å². The molecule has 0 saturated carbocycles. The molecule has 0 spiro atoms. The summed E-state index contributed by atoms with van der Waals surface area (Å²) in [5.74, 6) is 2.13. The lowest BCUT2D eigenvalue weighted by Gasteiger charge is -2.35. The van der Waals surface area contributed by atoms with Gasteiger partial charge in [-0.3, -0.25) is 9.59 Å². The number of rotatable bonds is 9. The Labute approximate surface area is 185 Å². The van der Waals surface area contributed by atoms with Crippen LogP contribution in [0.2, 0.25) is 0 Å². The molecule has 1 N–H and O–H groups in total. The first kappa shape index (κ1) is 23.3. The number of nitrogens with zero attached hydrogens (tertiary/aromatic N) is 4. The second kappa shape index (κ2) is 11.9. The van der Waals surface area contributed by atoms with Crippen molar-refractivity contribution in [2.24, 2.45) is 11.8 Å². The molecule has 3 heterocycles. The minimum absolute atomic E-state index is 0.166. The fraction of sp³-hybridized carbons (Fsp3) is 0.739. The number of hydrogen-bond donors (Lipinski definition) is 1. The molecule has 1 aromatic heterocycles. The first-order valence-corrected chi connectivity index (χ1v) is 11.9. The lowest BCUT2D eigenvalue weighted by Crippen LogP contribution is -2.43. The van der Waals surface area contributed by atoms with E-state index in [-0.39, 0.29) is 17.8 Å². The average molecular weight is 432 g/mol. The van der Waals surface area contributed by atoms with Crippen molar-refractivity contribution < 1.29 is 14.3 Å². The molecular formula is C23H37N5O3. The SMILES string of the molecule is CCCNc1cc(N2CCC[C@H](CCC(=O)N3CCC[C@H](C(=O)OCC)C3)C2)ncn1. The van der Waals surface area contributed by atoms with Crippen LogP contribution < -0.4 is 10.2 Å². The molecule has 0 aromatic carbocycles. The fourth-order valence-corrected chi connectivity index (χ4v) is 4.52. The van der Waals surface area contributed by atoms with E-state index in [1.54, 1.807) is 6.33 Å². The van der Waals surface area contributed by atoms with Gasteiger partial charge < -0.3 is 19.9 Å². The van der Waals surface area contributed by atoms with Crippen molar-refractivity contribution in [2.45, 2.75) is 58.8 Å². The number of anilines is 2. The van der Waals surface area contributed by atoms with Gasteiger partial charge in [-0.05, 0) is 51.4 Å². The zero-order valence-electron chi connectivity index (χ0n) is 19.0. The summed E-state index contributed by atoms with van der Waals surface area (Å²) in [6.07, 6.45) is 8.02. The second-order valence-corrected chi connectivity index (χ2v) is 8.61. The number of ether oxygens (including phenoxy) is 1. The third-order valence-corrected chi connectivity index (χ3v) is 6.21. The molecule has 2 saturated heterocycles. The maximum absolute atomic E-state index is 12.8. The summed E-state index contributed by atoms with van der Waals surface area (Å²) < 4.78 is 5.15. The van der Waals surface area contributed by atoms with Gasteiger partial charge in [-0.25, -0.2) is 9.97 Å². The average Bonchev–Trinajstić information content (AvgIpc) is 2.82. The number of piperidine rings is 2. The lowest BCUT2D eigenvalue weighted by atomic mass is 9.92. The van der Waals surface area contributed by atoms with E-state index >= 15 is 0 Å². The second-order valence-electron chi connectivity index (χ2n) is 8.61. The Balaban J connectivity index is 1.48. The van der Waals surface area contributed by atoms with Gasteiger partial charge in [0.05, 0.1) is 12.5 Å². The van der Waals surface area contributed by atoms with Gasteiger partial charge in [-0.15, -0.1) is 0 Å².